The number of aryl methyl sites for hydroxylation is 3. The molecule has 2 rings (SSSR count). The Morgan fingerprint density at radius 2 is 2.11 bits per heavy atom. The summed E-state index contributed by atoms with van der Waals surface area (Å²) in [5.74, 6) is 0.822. The lowest BCUT2D eigenvalue weighted by atomic mass is 10.1. The van der Waals surface area contributed by atoms with Crippen molar-refractivity contribution in [3.05, 3.63) is 41.2 Å². The summed E-state index contributed by atoms with van der Waals surface area (Å²) in [7, 11) is 0. The van der Waals surface area contributed by atoms with Crippen LogP contribution in [0.1, 0.15) is 34.5 Å². The Labute approximate surface area is 106 Å². The Bertz CT molecular complexity index is 574. The number of hydrogen-bond acceptors (Lipinski definition) is 4. The van der Waals surface area contributed by atoms with E-state index >= 15 is 0 Å². The van der Waals surface area contributed by atoms with Gasteiger partial charge in [0.25, 0.3) is 0 Å². The number of hydrogen-bond donors (Lipinski definition) is 0. The van der Waals surface area contributed by atoms with E-state index in [4.69, 9.17) is 0 Å². The van der Waals surface area contributed by atoms with Crippen molar-refractivity contribution in [3.63, 3.8) is 0 Å². The first-order valence-electron chi connectivity index (χ1n) is 5.96. The Morgan fingerprint density at radius 1 is 1.33 bits per heavy atom. The fourth-order valence-corrected chi connectivity index (χ4v) is 1.87. The maximum Gasteiger partial charge on any atom is 0.172 e. The van der Waals surface area contributed by atoms with Crippen molar-refractivity contribution in [1.82, 2.24) is 19.7 Å². The molecule has 0 saturated heterocycles. The van der Waals surface area contributed by atoms with Gasteiger partial charge in [0.15, 0.2) is 5.78 Å². The highest BCUT2D eigenvalue weighted by molar-refractivity contribution is 5.98. The third-order valence-corrected chi connectivity index (χ3v) is 2.86. The van der Waals surface area contributed by atoms with Crippen molar-refractivity contribution in [1.29, 1.82) is 0 Å². The quantitative estimate of drug-likeness (QED) is 0.768. The predicted octanol–water partition coefficient (Wildman–Crippen LogP) is 1.74. The summed E-state index contributed by atoms with van der Waals surface area (Å²) in [4.78, 5) is 16.4. The molecule has 94 valence electrons. The first-order valence-corrected chi connectivity index (χ1v) is 5.96. The zero-order valence-electron chi connectivity index (χ0n) is 10.8. The molecule has 0 aliphatic rings. The normalized spacial score (nSPS) is 10.6. The van der Waals surface area contributed by atoms with E-state index in [0.717, 1.165) is 18.1 Å². The fourth-order valence-electron chi connectivity index (χ4n) is 1.87. The molecular weight excluding hydrogens is 228 g/mol. The van der Waals surface area contributed by atoms with E-state index in [1.54, 1.807) is 19.2 Å². The molecule has 0 unspecified atom stereocenters. The highest BCUT2D eigenvalue weighted by atomic mass is 16.1. The van der Waals surface area contributed by atoms with Crippen LogP contribution in [0.3, 0.4) is 0 Å². The molecule has 18 heavy (non-hydrogen) atoms. The first kappa shape index (κ1) is 12.4. The molecule has 5 heteroatoms. The average Bonchev–Trinajstić information content (AvgIpc) is 2.79. The Balaban J connectivity index is 2.25. The van der Waals surface area contributed by atoms with E-state index in [-0.39, 0.29) is 5.78 Å². The Kier molecular flexibility index (Phi) is 3.50. The van der Waals surface area contributed by atoms with Gasteiger partial charge in [0.2, 0.25) is 0 Å². The minimum atomic E-state index is 0.0337. The smallest absolute Gasteiger partial charge is 0.172 e. The number of Topliss-reactive ketones (excluding diaryl/α,β-unsaturated/α-hetero) is 1. The van der Waals surface area contributed by atoms with Gasteiger partial charge in [-0.1, -0.05) is 0 Å². The minimum Gasteiger partial charge on any atom is -0.335 e. The summed E-state index contributed by atoms with van der Waals surface area (Å²) in [5.41, 5.74) is 2.05. The van der Waals surface area contributed by atoms with Crippen LogP contribution in [0.4, 0.5) is 0 Å². The van der Waals surface area contributed by atoms with Crippen molar-refractivity contribution in [2.45, 2.75) is 33.7 Å². The first-order chi connectivity index (χ1) is 8.61. The SMILES string of the molecule is CCn1ccnc1CC(=O)c1cc(C)nnc1C. The van der Waals surface area contributed by atoms with Crippen LogP contribution in [0.15, 0.2) is 18.5 Å². The minimum absolute atomic E-state index is 0.0337. The summed E-state index contributed by atoms with van der Waals surface area (Å²) >= 11 is 0. The lowest BCUT2D eigenvalue weighted by Gasteiger charge is -2.06. The number of ketones is 1. The van der Waals surface area contributed by atoms with E-state index < -0.39 is 0 Å². The van der Waals surface area contributed by atoms with Crippen LogP contribution in [-0.2, 0) is 13.0 Å². The third-order valence-electron chi connectivity index (χ3n) is 2.86. The maximum absolute atomic E-state index is 12.2. The highest BCUT2D eigenvalue weighted by Crippen LogP contribution is 2.10. The zero-order valence-corrected chi connectivity index (χ0v) is 10.8. The van der Waals surface area contributed by atoms with E-state index in [1.165, 1.54) is 0 Å². The van der Waals surface area contributed by atoms with Gasteiger partial charge in [0, 0.05) is 24.5 Å². The summed E-state index contributed by atoms with van der Waals surface area (Å²) in [6.07, 6.45) is 3.90. The molecule has 0 radical (unpaired) electrons. The number of nitrogens with zero attached hydrogens (tertiary/aromatic N) is 4. The number of aromatic nitrogens is 4. The molecule has 0 N–H and O–H groups in total. The fraction of sp³-hybridized carbons (Fsp3) is 0.385. The van der Waals surface area contributed by atoms with Gasteiger partial charge in [-0.2, -0.15) is 10.2 Å². The van der Waals surface area contributed by atoms with Gasteiger partial charge in [-0.15, -0.1) is 0 Å². The molecule has 0 atom stereocenters. The molecule has 2 heterocycles. The van der Waals surface area contributed by atoms with Gasteiger partial charge in [0.05, 0.1) is 17.8 Å². The number of carbonyl (C=O) groups excluding carboxylic acids is 1. The largest absolute Gasteiger partial charge is 0.335 e. The molecule has 0 saturated carbocycles. The van der Waals surface area contributed by atoms with Crippen LogP contribution in [0.5, 0.6) is 0 Å². The van der Waals surface area contributed by atoms with Crippen molar-refractivity contribution in [2.75, 3.05) is 0 Å². The lowest BCUT2D eigenvalue weighted by molar-refractivity contribution is 0.0988. The molecule has 0 bridgehead atoms. The van der Waals surface area contributed by atoms with Crippen LogP contribution in [0, 0.1) is 13.8 Å². The molecule has 0 aliphatic carbocycles. The maximum atomic E-state index is 12.2. The Hall–Kier alpha value is -2.04. The van der Waals surface area contributed by atoms with E-state index in [1.807, 2.05) is 24.6 Å². The van der Waals surface area contributed by atoms with Gasteiger partial charge in [-0.25, -0.2) is 4.98 Å². The monoisotopic (exact) mass is 244 g/mol. The predicted molar refractivity (Wildman–Crippen MR) is 67.4 cm³/mol. The summed E-state index contributed by atoms with van der Waals surface area (Å²) in [6.45, 7) is 6.47. The van der Waals surface area contributed by atoms with Crippen molar-refractivity contribution >= 4 is 5.78 Å². The molecule has 5 nitrogen and oxygen atoms in total. The molecule has 0 aromatic carbocycles. The van der Waals surface area contributed by atoms with Crippen LogP contribution in [0.25, 0.3) is 0 Å². The van der Waals surface area contributed by atoms with Crippen LogP contribution >= 0.6 is 0 Å². The number of rotatable bonds is 4. The Morgan fingerprint density at radius 3 is 2.83 bits per heavy atom. The van der Waals surface area contributed by atoms with Crippen LogP contribution < -0.4 is 0 Å². The van der Waals surface area contributed by atoms with E-state index in [0.29, 0.717) is 17.7 Å². The number of carbonyl (C=O) groups is 1. The van der Waals surface area contributed by atoms with Gasteiger partial charge < -0.3 is 4.57 Å². The molecular formula is C13H16N4O. The van der Waals surface area contributed by atoms with Crippen LogP contribution in [0.2, 0.25) is 0 Å². The van der Waals surface area contributed by atoms with E-state index in [2.05, 4.69) is 15.2 Å². The van der Waals surface area contributed by atoms with Gasteiger partial charge in [-0.3, -0.25) is 4.79 Å². The van der Waals surface area contributed by atoms with E-state index in [9.17, 15) is 4.79 Å². The van der Waals surface area contributed by atoms with Gasteiger partial charge in [-0.05, 0) is 26.8 Å². The average molecular weight is 244 g/mol. The van der Waals surface area contributed by atoms with Crippen LogP contribution in [-0.4, -0.2) is 25.5 Å². The second-order valence-corrected chi connectivity index (χ2v) is 4.21. The van der Waals surface area contributed by atoms with Crippen molar-refractivity contribution in [2.24, 2.45) is 0 Å². The molecule has 0 amide bonds. The second-order valence-electron chi connectivity index (χ2n) is 4.21. The number of imidazole rings is 1. The molecule has 2 aromatic rings. The lowest BCUT2D eigenvalue weighted by Crippen LogP contribution is -2.12. The van der Waals surface area contributed by atoms with Gasteiger partial charge >= 0.3 is 0 Å². The second kappa shape index (κ2) is 5.08. The highest BCUT2D eigenvalue weighted by Gasteiger charge is 2.14. The van der Waals surface area contributed by atoms with Gasteiger partial charge in [0.1, 0.15) is 5.82 Å². The molecule has 0 fully saturated rings. The zero-order chi connectivity index (χ0) is 13.1. The van der Waals surface area contributed by atoms with Crippen molar-refractivity contribution in [3.8, 4) is 0 Å². The summed E-state index contributed by atoms with van der Waals surface area (Å²) in [5, 5.41) is 7.90. The molecule has 2 aromatic heterocycles. The topological polar surface area (TPSA) is 60.7 Å². The standard InChI is InChI=1S/C13H16N4O/c1-4-17-6-5-14-13(17)8-12(18)11-7-9(2)15-16-10(11)3/h5-7H,4,8H2,1-3H3. The summed E-state index contributed by atoms with van der Waals surface area (Å²) in [6, 6.07) is 1.78. The molecule has 0 aliphatic heterocycles. The molecule has 0 spiro atoms. The summed E-state index contributed by atoms with van der Waals surface area (Å²) < 4.78 is 1.97. The van der Waals surface area contributed by atoms with Crippen molar-refractivity contribution < 1.29 is 4.79 Å². The third kappa shape index (κ3) is 2.45.